The standard InChI is InChI=1S/C20H31N5/c1-16-14-17(2)25(24-16)13-9-12-22-19(21-5)23-15-20(3,4)18-10-7-6-8-11-18/h6-8,10-11,14H,9,12-13,15H2,1-5H3,(H2,21,22,23). The third kappa shape index (κ3) is 5.62. The Kier molecular flexibility index (Phi) is 6.62. The molecule has 0 aliphatic heterocycles. The van der Waals surface area contributed by atoms with Crippen LogP contribution in [0.5, 0.6) is 0 Å². The molecule has 0 atom stereocenters. The van der Waals surface area contributed by atoms with Crippen LogP contribution in [0.15, 0.2) is 41.4 Å². The average molecular weight is 342 g/mol. The zero-order valence-corrected chi connectivity index (χ0v) is 16.1. The molecule has 0 fully saturated rings. The minimum atomic E-state index is 0.0442. The van der Waals surface area contributed by atoms with E-state index < -0.39 is 0 Å². The predicted octanol–water partition coefficient (Wildman–Crippen LogP) is 3.03. The summed E-state index contributed by atoms with van der Waals surface area (Å²) in [6, 6.07) is 12.7. The van der Waals surface area contributed by atoms with Crippen molar-refractivity contribution in [3.8, 4) is 0 Å². The number of nitrogens with zero attached hydrogens (tertiary/aromatic N) is 3. The number of aromatic nitrogens is 2. The molecule has 2 aromatic rings. The summed E-state index contributed by atoms with van der Waals surface area (Å²) in [5.41, 5.74) is 3.65. The quantitative estimate of drug-likeness (QED) is 0.462. The summed E-state index contributed by atoms with van der Waals surface area (Å²) in [5.74, 6) is 0.845. The van der Waals surface area contributed by atoms with Crippen LogP contribution in [0.3, 0.4) is 0 Å². The molecule has 136 valence electrons. The lowest BCUT2D eigenvalue weighted by molar-refractivity contribution is 0.506. The van der Waals surface area contributed by atoms with Crippen LogP contribution in [0.1, 0.15) is 37.2 Å². The molecule has 0 spiro atoms. The molecule has 0 saturated heterocycles. The average Bonchev–Trinajstić information content (AvgIpc) is 2.92. The van der Waals surface area contributed by atoms with Crippen molar-refractivity contribution in [1.29, 1.82) is 0 Å². The van der Waals surface area contributed by atoms with E-state index in [2.05, 4.69) is 82.6 Å². The van der Waals surface area contributed by atoms with E-state index in [9.17, 15) is 0 Å². The van der Waals surface area contributed by atoms with E-state index in [-0.39, 0.29) is 5.41 Å². The molecule has 1 aromatic carbocycles. The smallest absolute Gasteiger partial charge is 0.191 e. The molecule has 0 aliphatic rings. The largest absolute Gasteiger partial charge is 0.356 e. The maximum atomic E-state index is 4.49. The molecular weight excluding hydrogens is 310 g/mol. The lowest BCUT2D eigenvalue weighted by Gasteiger charge is -2.26. The normalized spacial score (nSPS) is 12.3. The Morgan fingerprint density at radius 2 is 1.88 bits per heavy atom. The van der Waals surface area contributed by atoms with Crippen LogP contribution in [0.25, 0.3) is 0 Å². The van der Waals surface area contributed by atoms with Crippen LogP contribution >= 0.6 is 0 Å². The molecule has 0 bridgehead atoms. The van der Waals surface area contributed by atoms with Crippen molar-refractivity contribution in [1.82, 2.24) is 20.4 Å². The first-order valence-electron chi connectivity index (χ1n) is 8.93. The monoisotopic (exact) mass is 341 g/mol. The zero-order valence-electron chi connectivity index (χ0n) is 16.1. The van der Waals surface area contributed by atoms with Gasteiger partial charge in [0.05, 0.1) is 5.69 Å². The van der Waals surface area contributed by atoms with Crippen LogP contribution in [0.2, 0.25) is 0 Å². The minimum absolute atomic E-state index is 0.0442. The number of hydrogen-bond acceptors (Lipinski definition) is 2. The van der Waals surface area contributed by atoms with E-state index in [4.69, 9.17) is 0 Å². The van der Waals surface area contributed by atoms with Crippen molar-refractivity contribution in [2.24, 2.45) is 4.99 Å². The summed E-state index contributed by atoms with van der Waals surface area (Å²) in [6.45, 7) is 11.2. The van der Waals surface area contributed by atoms with Gasteiger partial charge in [-0.3, -0.25) is 9.67 Å². The summed E-state index contributed by atoms with van der Waals surface area (Å²) in [6.07, 6.45) is 1.00. The summed E-state index contributed by atoms with van der Waals surface area (Å²) in [7, 11) is 1.81. The molecule has 5 nitrogen and oxygen atoms in total. The Balaban J connectivity index is 1.76. The fourth-order valence-corrected chi connectivity index (χ4v) is 2.85. The first kappa shape index (κ1) is 19.0. The van der Waals surface area contributed by atoms with Gasteiger partial charge in [-0.15, -0.1) is 0 Å². The van der Waals surface area contributed by atoms with E-state index >= 15 is 0 Å². The third-order valence-electron chi connectivity index (χ3n) is 4.42. The van der Waals surface area contributed by atoms with Crippen molar-refractivity contribution in [3.63, 3.8) is 0 Å². The van der Waals surface area contributed by atoms with Crippen molar-refractivity contribution >= 4 is 5.96 Å². The lowest BCUT2D eigenvalue weighted by Crippen LogP contribution is -2.43. The molecule has 0 amide bonds. The summed E-state index contributed by atoms with van der Waals surface area (Å²) in [5, 5.41) is 11.3. The molecule has 0 aliphatic carbocycles. The number of aryl methyl sites for hydroxylation is 3. The Bertz CT molecular complexity index is 685. The Hall–Kier alpha value is -2.30. The maximum Gasteiger partial charge on any atom is 0.191 e. The molecule has 1 aromatic heterocycles. The van der Waals surface area contributed by atoms with E-state index in [0.29, 0.717) is 0 Å². The SMILES string of the molecule is CN=C(NCCCn1nc(C)cc1C)NCC(C)(C)c1ccccc1. The van der Waals surface area contributed by atoms with Gasteiger partial charge in [0.25, 0.3) is 0 Å². The van der Waals surface area contributed by atoms with E-state index in [1.165, 1.54) is 11.3 Å². The van der Waals surface area contributed by atoms with Crippen LogP contribution in [-0.2, 0) is 12.0 Å². The van der Waals surface area contributed by atoms with Crippen LogP contribution in [0.4, 0.5) is 0 Å². The van der Waals surface area contributed by atoms with Crippen molar-refractivity contribution < 1.29 is 0 Å². The second-order valence-corrected chi connectivity index (χ2v) is 7.11. The highest BCUT2D eigenvalue weighted by Crippen LogP contribution is 2.21. The molecule has 2 rings (SSSR count). The highest BCUT2D eigenvalue weighted by Gasteiger charge is 2.20. The molecule has 0 saturated carbocycles. The second kappa shape index (κ2) is 8.70. The van der Waals surface area contributed by atoms with Gasteiger partial charge in [-0.2, -0.15) is 5.10 Å². The molecule has 2 N–H and O–H groups in total. The molecule has 5 heteroatoms. The highest BCUT2D eigenvalue weighted by molar-refractivity contribution is 5.79. The molecular formula is C20H31N5. The number of benzene rings is 1. The third-order valence-corrected chi connectivity index (χ3v) is 4.42. The number of aliphatic imine (C=N–C) groups is 1. The zero-order chi connectivity index (χ0) is 18.3. The fourth-order valence-electron chi connectivity index (χ4n) is 2.85. The van der Waals surface area contributed by atoms with Gasteiger partial charge in [0, 0.05) is 37.8 Å². The molecule has 1 heterocycles. The maximum absolute atomic E-state index is 4.49. The topological polar surface area (TPSA) is 54.2 Å². The first-order chi connectivity index (χ1) is 11.9. The van der Waals surface area contributed by atoms with E-state index in [1.54, 1.807) is 0 Å². The summed E-state index contributed by atoms with van der Waals surface area (Å²) in [4.78, 5) is 4.32. The second-order valence-electron chi connectivity index (χ2n) is 7.11. The molecule has 0 unspecified atom stereocenters. The van der Waals surface area contributed by atoms with Crippen LogP contribution in [0, 0.1) is 13.8 Å². The van der Waals surface area contributed by atoms with Gasteiger partial charge >= 0.3 is 0 Å². The lowest BCUT2D eigenvalue weighted by atomic mass is 9.85. The first-order valence-corrected chi connectivity index (χ1v) is 8.93. The van der Waals surface area contributed by atoms with Crippen molar-refractivity contribution in [2.75, 3.05) is 20.1 Å². The Morgan fingerprint density at radius 1 is 1.16 bits per heavy atom. The fraction of sp³-hybridized carbons (Fsp3) is 0.500. The van der Waals surface area contributed by atoms with E-state index in [0.717, 1.165) is 37.7 Å². The van der Waals surface area contributed by atoms with E-state index in [1.807, 2.05) is 14.0 Å². The predicted molar refractivity (Wildman–Crippen MR) is 105 cm³/mol. The van der Waals surface area contributed by atoms with Gasteiger partial charge in [0.15, 0.2) is 5.96 Å². The number of hydrogen-bond donors (Lipinski definition) is 2. The van der Waals surface area contributed by atoms with Gasteiger partial charge in [0.1, 0.15) is 0 Å². The summed E-state index contributed by atoms with van der Waals surface area (Å²) < 4.78 is 2.06. The number of rotatable bonds is 7. The van der Waals surface area contributed by atoms with Gasteiger partial charge in [0.2, 0.25) is 0 Å². The minimum Gasteiger partial charge on any atom is -0.356 e. The van der Waals surface area contributed by atoms with Crippen LogP contribution in [-0.4, -0.2) is 35.9 Å². The molecule has 25 heavy (non-hydrogen) atoms. The Morgan fingerprint density at radius 3 is 2.48 bits per heavy atom. The number of guanidine groups is 1. The van der Waals surface area contributed by atoms with Gasteiger partial charge in [-0.1, -0.05) is 44.2 Å². The van der Waals surface area contributed by atoms with Crippen molar-refractivity contribution in [2.45, 2.75) is 46.1 Å². The molecule has 0 radical (unpaired) electrons. The highest BCUT2D eigenvalue weighted by atomic mass is 15.3. The van der Waals surface area contributed by atoms with Gasteiger partial charge in [-0.25, -0.2) is 0 Å². The Labute approximate surface area is 151 Å². The van der Waals surface area contributed by atoms with Crippen molar-refractivity contribution in [3.05, 3.63) is 53.3 Å². The summed E-state index contributed by atoms with van der Waals surface area (Å²) >= 11 is 0. The van der Waals surface area contributed by atoms with Gasteiger partial charge in [-0.05, 0) is 31.9 Å². The van der Waals surface area contributed by atoms with Gasteiger partial charge < -0.3 is 10.6 Å². The van der Waals surface area contributed by atoms with Crippen LogP contribution < -0.4 is 10.6 Å². The number of nitrogens with one attached hydrogen (secondary N) is 2.